The molecule has 114 valence electrons. The molecule has 4 heteroatoms. The predicted octanol–water partition coefficient (Wildman–Crippen LogP) is 2.25. The van der Waals surface area contributed by atoms with Crippen molar-refractivity contribution in [2.24, 2.45) is 5.92 Å². The molecule has 0 aliphatic carbocycles. The van der Waals surface area contributed by atoms with Crippen molar-refractivity contribution >= 4 is 5.91 Å². The third-order valence-electron chi connectivity index (χ3n) is 4.97. The van der Waals surface area contributed by atoms with E-state index in [1.165, 1.54) is 19.3 Å². The number of carbonyl (C=O) groups is 1. The fraction of sp³-hybridized carbons (Fsp3) is 0.647. The van der Waals surface area contributed by atoms with E-state index in [4.69, 9.17) is 0 Å². The van der Waals surface area contributed by atoms with Crippen LogP contribution in [0.15, 0.2) is 12.1 Å². The molecule has 2 fully saturated rings. The van der Waals surface area contributed by atoms with Gasteiger partial charge in [-0.25, -0.2) is 0 Å². The topological polar surface area (TPSA) is 36.4 Å². The first-order valence-electron chi connectivity index (χ1n) is 7.98. The van der Waals surface area contributed by atoms with Gasteiger partial charge in [-0.1, -0.05) is 6.42 Å². The lowest BCUT2D eigenvalue weighted by Crippen LogP contribution is -2.42. The second kappa shape index (κ2) is 5.76. The summed E-state index contributed by atoms with van der Waals surface area (Å²) in [6, 6.07) is 4.38. The van der Waals surface area contributed by atoms with Gasteiger partial charge in [-0.05, 0) is 51.8 Å². The normalized spacial score (nSPS) is 26.5. The molecular formula is C17H25N3O. The molecule has 2 saturated heterocycles. The molecule has 1 aromatic rings. The van der Waals surface area contributed by atoms with Gasteiger partial charge >= 0.3 is 0 Å². The Morgan fingerprint density at radius 3 is 2.76 bits per heavy atom. The van der Waals surface area contributed by atoms with Crippen LogP contribution in [0.25, 0.3) is 0 Å². The van der Waals surface area contributed by atoms with Crippen LogP contribution in [0.2, 0.25) is 0 Å². The molecule has 1 aromatic heterocycles. The summed E-state index contributed by atoms with van der Waals surface area (Å²) in [5.41, 5.74) is 2.59. The van der Waals surface area contributed by atoms with Crippen LogP contribution in [0.3, 0.4) is 0 Å². The van der Waals surface area contributed by atoms with Crippen molar-refractivity contribution in [1.82, 2.24) is 14.8 Å². The smallest absolute Gasteiger partial charge is 0.255 e. The fourth-order valence-corrected chi connectivity index (χ4v) is 3.78. The zero-order valence-electron chi connectivity index (χ0n) is 13.3. The maximum atomic E-state index is 12.9. The zero-order chi connectivity index (χ0) is 15.0. The molecule has 2 aliphatic heterocycles. The van der Waals surface area contributed by atoms with E-state index in [-0.39, 0.29) is 5.91 Å². The lowest BCUT2D eigenvalue weighted by Gasteiger charge is -2.30. The standard InChI is InChI=1S/C17H25N3O/c1-12-7-8-16(13(2)18-12)17(21)20-10-14-5-4-6-15(11-20)19(3)9-14/h7-8,14-15H,4-6,9-11H2,1-3H3/t14-,15-/m0/s1. The lowest BCUT2D eigenvalue weighted by atomic mass is 9.99. The van der Waals surface area contributed by atoms with Crippen molar-refractivity contribution in [3.8, 4) is 0 Å². The van der Waals surface area contributed by atoms with Crippen LogP contribution in [-0.2, 0) is 0 Å². The Kier molecular flexibility index (Phi) is 3.98. The Labute approximate surface area is 127 Å². The van der Waals surface area contributed by atoms with Gasteiger partial charge in [-0.3, -0.25) is 9.78 Å². The molecular weight excluding hydrogens is 262 g/mol. The highest BCUT2D eigenvalue weighted by molar-refractivity contribution is 5.95. The lowest BCUT2D eigenvalue weighted by molar-refractivity contribution is 0.0709. The fourth-order valence-electron chi connectivity index (χ4n) is 3.78. The summed E-state index contributed by atoms with van der Waals surface area (Å²) < 4.78 is 0. The molecule has 0 N–H and O–H groups in total. The second-order valence-corrected chi connectivity index (χ2v) is 6.69. The van der Waals surface area contributed by atoms with Crippen molar-refractivity contribution < 1.29 is 4.79 Å². The number of aromatic nitrogens is 1. The first kappa shape index (κ1) is 14.5. The Morgan fingerprint density at radius 1 is 1.19 bits per heavy atom. The number of rotatable bonds is 1. The van der Waals surface area contributed by atoms with Crippen LogP contribution >= 0.6 is 0 Å². The number of likely N-dealkylation sites (N-methyl/N-ethyl adjacent to an activating group) is 1. The maximum absolute atomic E-state index is 12.9. The van der Waals surface area contributed by atoms with E-state index in [1.807, 2.05) is 26.0 Å². The minimum atomic E-state index is 0.159. The molecule has 21 heavy (non-hydrogen) atoms. The Bertz CT molecular complexity index is 543. The molecule has 2 aliphatic rings. The summed E-state index contributed by atoms with van der Waals surface area (Å²) >= 11 is 0. The average Bonchev–Trinajstić information content (AvgIpc) is 2.66. The summed E-state index contributed by atoms with van der Waals surface area (Å²) in [5, 5.41) is 0. The molecule has 0 saturated carbocycles. The van der Waals surface area contributed by atoms with E-state index in [9.17, 15) is 4.79 Å². The SMILES string of the molecule is Cc1ccc(C(=O)N2C[C@H]3CCC[C@@H](C2)N(C)C3)c(C)n1. The van der Waals surface area contributed by atoms with Gasteiger partial charge in [0, 0.05) is 31.4 Å². The highest BCUT2D eigenvalue weighted by Gasteiger charge is 2.33. The van der Waals surface area contributed by atoms with E-state index < -0.39 is 0 Å². The van der Waals surface area contributed by atoms with Gasteiger partial charge in [0.1, 0.15) is 0 Å². The number of fused-ring (bicyclic) bond motifs is 3. The molecule has 4 nitrogen and oxygen atoms in total. The van der Waals surface area contributed by atoms with E-state index in [1.54, 1.807) is 0 Å². The quantitative estimate of drug-likeness (QED) is 0.795. The number of pyridine rings is 1. The van der Waals surface area contributed by atoms with Gasteiger partial charge in [-0.15, -0.1) is 0 Å². The van der Waals surface area contributed by atoms with Gasteiger partial charge in [0.2, 0.25) is 0 Å². The number of likely N-dealkylation sites (tertiary alicyclic amines) is 1. The molecule has 0 spiro atoms. The third kappa shape index (κ3) is 2.95. The molecule has 2 bridgehead atoms. The summed E-state index contributed by atoms with van der Waals surface area (Å²) in [6.07, 6.45) is 3.75. The van der Waals surface area contributed by atoms with Gasteiger partial charge in [0.25, 0.3) is 5.91 Å². The monoisotopic (exact) mass is 287 g/mol. The number of carbonyl (C=O) groups excluding carboxylic acids is 1. The van der Waals surface area contributed by atoms with E-state index in [0.29, 0.717) is 12.0 Å². The number of hydrogen-bond acceptors (Lipinski definition) is 3. The highest BCUT2D eigenvalue weighted by atomic mass is 16.2. The van der Waals surface area contributed by atoms with Crippen LogP contribution in [0.4, 0.5) is 0 Å². The van der Waals surface area contributed by atoms with E-state index in [2.05, 4.69) is 21.8 Å². The van der Waals surface area contributed by atoms with E-state index >= 15 is 0 Å². The average molecular weight is 287 g/mol. The van der Waals surface area contributed by atoms with Crippen molar-refractivity contribution in [3.63, 3.8) is 0 Å². The highest BCUT2D eigenvalue weighted by Crippen LogP contribution is 2.26. The first-order valence-corrected chi connectivity index (χ1v) is 7.98. The van der Waals surface area contributed by atoms with Gasteiger partial charge < -0.3 is 9.80 Å². The minimum Gasteiger partial charge on any atom is -0.337 e. The van der Waals surface area contributed by atoms with Crippen LogP contribution in [0.5, 0.6) is 0 Å². The van der Waals surface area contributed by atoms with Crippen molar-refractivity contribution in [1.29, 1.82) is 0 Å². The Morgan fingerprint density at radius 2 is 2.00 bits per heavy atom. The molecule has 0 radical (unpaired) electrons. The van der Waals surface area contributed by atoms with Crippen molar-refractivity contribution in [2.75, 3.05) is 26.7 Å². The zero-order valence-corrected chi connectivity index (χ0v) is 13.3. The number of aryl methyl sites for hydroxylation is 2. The van der Waals surface area contributed by atoms with Crippen LogP contribution in [0.1, 0.15) is 41.0 Å². The van der Waals surface area contributed by atoms with Crippen LogP contribution < -0.4 is 0 Å². The summed E-state index contributed by atoms with van der Waals surface area (Å²) in [6.45, 7) is 6.78. The molecule has 2 atom stereocenters. The molecule has 1 amide bonds. The van der Waals surface area contributed by atoms with Crippen LogP contribution in [0, 0.1) is 19.8 Å². The van der Waals surface area contributed by atoms with Gasteiger partial charge in [0.15, 0.2) is 0 Å². The number of amides is 1. The number of nitrogens with zero attached hydrogens (tertiary/aromatic N) is 3. The predicted molar refractivity (Wildman–Crippen MR) is 83.4 cm³/mol. The molecule has 3 heterocycles. The maximum Gasteiger partial charge on any atom is 0.255 e. The van der Waals surface area contributed by atoms with Crippen molar-refractivity contribution in [3.05, 3.63) is 29.1 Å². The van der Waals surface area contributed by atoms with Crippen molar-refractivity contribution in [2.45, 2.75) is 39.2 Å². The number of hydrogen-bond donors (Lipinski definition) is 0. The first-order chi connectivity index (χ1) is 10.0. The molecule has 0 aromatic carbocycles. The van der Waals surface area contributed by atoms with Gasteiger partial charge in [-0.2, -0.15) is 0 Å². The van der Waals surface area contributed by atoms with Crippen LogP contribution in [-0.4, -0.2) is 53.4 Å². The second-order valence-electron chi connectivity index (χ2n) is 6.69. The summed E-state index contributed by atoms with van der Waals surface area (Å²) in [7, 11) is 2.20. The third-order valence-corrected chi connectivity index (χ3v) is 4.97. The largest absolute Gasteiger partial charge is 0.337 e. The summed E-state index contributed by atoms with van der Waals surface area (Å²) in [5.74, 6) is 0.775. The van der Waals surface area contributed by atoms with Gasteiger partial charge in [0.05, 0.1) is 11.3 Å². The minimum absolute atomic E-state index is 0.159. The van der Waals surface area contributed by atoms with E-state index in [0.717, 1.165) is 36.6 Å². The molecule has 3 rings (SSSR count). The summed E-state index contributed by atoms with van der Waals surface area (Å²) in [4.78, 5) is 21.8. The Balaban J connectivity index is 1.84. The Hall–Kier alpha value is -1.42. The molecule has 0 unspecified atom stereocenters.